The molecule has 1 heterocycles. The van der Waals surface area contributed by atoms with Crippen molar-refractivity contribution in [3.05, 3.63) is 45.4 Å². The van der Waals surface area contributed by atoms with Crippen molar-refractivity contribution in [3.63, 3.8) is 0 Å². The van der Waals surface area contributed by atoms with Crippen LogP contribution in [0, 0.1) is 19.8 Å². The molecular formula is C17H23NO3. The molecule has 0 fully saturated rings. The molecule has 1 aliphatic rings. The zero-order valence-electron chi connectivity index (χ0n) is 13.0. The number of aromatic nitrogens is 1. The van der Waals surface area contributed by atoms with Gasteiger partial charge in [0, 0.05) is 18.3 Å². The highest BCUT2D eigenvalue weighted by Gasteiger charge is 2.20. The van der Waals surface area contributed by atoms with Gasteiger partial charge in [0.15, 0.2) is 0 Å². The molecule has 0 bridgehead atoms. The van der Waals surface area contributed by atoms with Crippen LogP contribution in [0.4, 0.5) is 0 Å². The maximum absolute atomic E-state index is 12.3. The van der Waals surface area contributed by atoms with Crippen molar-refractivity contribution in [2.45, 2.75) is 46.6 Å². The zero-order chi connectivity index (χ0) is 15.4. The van der Waals surface area contributed by atoms with Crippen LogP contribution in [0.25, 0.3) is 0 Å². The normalized spacial score (nSPS) is 17.8. The molecule has 0 radical (unpaired) electrons. The summed E-state index contributed by atoms with van der Waals surface area (Å²) in [4.78, 5) is 24.4. The Balaban J connectivity index is 2.36. The van der Waals surface area contributed by atoms with Gasteiger partial charge in [0.2, 0.25) is 0 Å². The summed E-state index contributed by atoms with van der Waals surface area (Å²) in [5.41, 5.74) is 1.90. The first-order valence-corrected chi connectivity index (χ1v) is 7.57. The van der Waals surface area contributed by atoms with E-state index in [4.69, 9.17) is 4.74 Å². The van der Waals surface area contributed by atoms with Crippen LogP contribution in [-0.2, 0) is 11.3 Å². The van der Waals surface area contributed by atoms with E-state index in [1.54, 1.807) is 18.4 Å². The van der Waals surface area contributed by atoms with Crippen LogP contribution in [0.3, 0.4) is 0 Å². The summed E-state index contributed by atoms with van der Waals surface area (Å²) in [7, 11) is 0. The number of nitrogens with zero attached hydrogens (tertiary/aromatic N) is 1. The lowest BCUT2D eigenvalue weighted by molar-refractivity contribution is 0.0523. The van der Waals surface area contributed by atoms with Gasteiger partial charge in [-0.3, -0.25) is 4.79 Å². The minimum absolute atomic E-state index is 0.0346. The van der Waals surface area contributed by atoms with Crippen LogP contribution in [-0.4, -0.2) is 17.1 Å². The van der Waals surface area contributed by atoms with Gasteiger partial charge in [-0.1, -0.05) is 12.2 Å². The van der Waals surface area contributed by atoms with E-state index in [0.29, 0.717) is 35.9 Å². The second-order valence-corrected chi connectivity index (χ2v) is 5.61. The van der Waals surface area contributed by atoms with E-state index >= 15 is 0 Å². The van der Waals surface area contributed by atoms with Gasteiger partial charge in [0.05, 0.1) is 12.2 Å². The van der Waals surface area contributed by atoms with Gasteiger partial charge in [0.25, 0.3) is 5.56 Å². The van der Waals surface area contributed by atoms with Crippen molar-refractivity contribution in [2.75, 3.05) is 6.61 Å². The first kappa shape index (κ1) is 15.5. The van der Waals surface area contributed by atoms with Crippen LogP contribution in [0.2, 0.25) is 0 Å². The van der Waals surface area contributed by atoms with Crippen molar-refractivity contribution in [3.8, 4) is 0 Å². The van der Waals surface area contributed by atoms with E-state index < -0.39 is 0 Å². The van der Waals surface area contributed by atoms with Crippen molar-refractivity contribution in [1.29, 1.82) is 0 Å². The molecule has 0 spiro atoms. The number of esters is 1. The Morgan fingerprint density at radius 2 is 2.14 bits per heavy atom. The number of aryl methyl sites for hydroxylation is 1. The molecule has 0 saturated carbocycles. The summed E-state index contributed by atoms with van der Waals surface area (Å²) < 4.78 is 6.83. The van der Waals surface area contributed by atoms with E-state index in [0.717, 1.165) is 19.3 Å². The van der Waals surface area contributed by atoms with E-state index in [2.05, 4.69) is 12.2 Å². The molecule has 21 heavy (non-hydrogen) atoms. The molecular weight excluding hydrogens is 266 g/mol. The number of rotatable bonds is 4. The predicted octanol–water partition coefficient (Wildman–Crippen LogP) is 3.00. The van der Waals surface area contributed by atoms with Crippen molar-refractivity contribution in [2.24, 2.45) is 5.92 Å². The lowest BCUT2D eigenvalue weighted by Crippen LogP contribution is -2.29. The second kappa shape index (κ2) is 6.74. The summed E-state index contributed by atoms with van der Waals surface area (Å²) in [6.07, 6.45) is 7.51. The Labute approximate surface area is 125 Å². The van der Waals surface area contributed by atoms with E-state index in [9.17, 15) is 9.59 Å². The maximum Gasteiger partial charge on any atom is 0.340 e. The molecule has 1 atom stereocenters. The van der Waals surface area contributed by atoms with Crippen molar-refractivity contribution < 1.29 is 9.53 Å². The van der Waals surface area contributed by atoms with E-state index in [1.807, 2.05) is 6.92 Å². The standard InChI is InChI=1S/C17H23NO3/c1-4-21-17(20)16-12(2)10-15(19)18(13(16)3)11-14-8-6-5-7-9-14/h5-6,10,14H,4,7-9,11H2,1-3H3. The molecule has 2 rings (SSSR count). The fourth-order valence-electron chi connectivity index (χ4n) is 2.94. The molecule has 0 aromatic carbocycles. The number of carbonyl (C=O) groups is 1. The molecule has 1 aromatic heterocycles. The summed E-state index contributed by atoms with van der Waals surface area (Å²) in [5.74, 6) is 0.119. The number of carbonyl (C=O) groups excluding carboxylic acids is 1. The second-order valence-electron chi connectivity index (χ2n) is 5.61. The SMILES string of the molecule is CCOC(=O)c1c(C)cc(=O)n(CC2CC=CCC2)c1C. The highest BCUT2D eigenvalue weighted by molar-refractivity contribution is 5.92. The molecule has 4 heteroatoms. The van der Waals surface area contributed by atoms with Gasteiger partial charge in [-0.25, -0.2) is 4.79 Å². The van der Waals surface area contributed by atoms with Gasteiger partial charge in [-0.05, 0) is 51.5 Å². The molecule has 4 nitrogen and oxygen atoms in total. The summed E-state index contributed by atoms with van der Waals surface area (Å²) in [6, 6.07) is 1.54. The van der Waals surface area contributed by atoms with Crippen LogP contribution < -0.4 is 5.56 Å². The number of hydrogen-bond donors (Lipinski definition) is 0. The van der Waals surface area contributed by atoms with Gasteiger partial charge in [-0.15, -0.1) is 0 Å². The molecule has 1 aromatic rings. The average molecular weight is 289 g/mol. The largest absolute Gasteiger partial charge is 0.462 e. The van der Waals surface area contributed by atoms with Crippen LogP contribution in [0.1, 0.15) is 47.8 Å². The Bertz CT molecular complexity index is 613. The Morgan fingerprint density at radius 1 is 1.38 bits per heavy atom. The molecule has 1 aliphatic carbocycles. The number of hydrogen-bond acceptors (Lipinski definition) is 3. The molecule has 0 saturated heterocycles. The fourth-order valence-corrected chi connectivity index (χ4v) is 2.94. The van der Waals surface area contributed by atoms with Gasteiger partial charge in [0.1, 0.15) is 0 Å². The minimum Gasteiger partial charge on any atom is -0.462 e. The Kier molecular flexibility index (Phi) is 4.99. The quantitative estimate of drug-likeness (QED) is 0.632. The van der Waals surface area contributed by atoms with E-state index in [-0.39, 0.29) is 11.5 Å². The molecule has 114 valence electrons. The third kappa shape index (κ3) is 3.43. The number of ether oxygens (including phenoxy) is 1. The Hall–Kier alpha value is -1.84. The molecule has 1 unspecified atom stereocenters. The third-order valence-electron chi connectivity index (χ3n) is 4.07. The van der Waals surface area contributed by atoms with Crippen molar-refractivity contribution in [1.82, 2.24) is 4.57 Å². The summed E-state index contributed by atoms with van der Waals surface area (Å²) in [5, 5.41) is 0. The molecule has 0 N–H and O–H groups in total. The number of allylic oxidation sites excluding steroid dienone is 2. The third-order valence-corrected chi connectivity index (χ3v) is 4.07. The lowest BCUT2D eigenvalue weighted by atomic mass is 9.94. The fraction of sp³-hybridized carbons (Fsp3) is 0.529. The van der Waals surface area contributed by atoms with Gasteiger partial charge < -0.3 is 9.30 Å². The summed E-state index contributed by atoms with van der Waals surface area (Å²) >= 11 is 0. The van der Waals surface area contributed by atoms with Gasteiger partial charge in [-0.2, -0.15) is 0 Å². The predicted molar refractivity (Wildman–Crippen MR) is 82.6 cm³/mol. The first-order valence-electron chi connectivity index (χ1n) is 7.57. The van der Waals surface area contributed by atoms with Crippen LogP contribution >= 0.6 is 0 Å². The lowest BCUT2D eigenvalue weighted by Gasteiger charge is -2.22. The molecule has 0 amide bonds. The van der Waals surface area contributed by atoms with Gasteiger partial charge >= 0.3 is 5.97 Å². The van der Waals surface area contributed by atoms with E-state index in [1.165, 1.54) is 6.07 Å². The number of pyridine rings is 1. The van der Waals surface area contributed by atoms with Crippen molar-refractivity contribution >= 4 is 5.97 Å². The van der Waals surface area contributed by atoms with Crippen LogP contribution in [0.5, 0.6) is 0 Å². The summed E-state index contributed by atoms with van der Waals surface area (Å²) in [6.45, 7) is 6.41. The highest BCUT2D eigenvalue weighted by atomic mass is 16.5. The Morgan fingerprint density at radius 3 is 2.76 bits per heavy atom. The highest BCUT2D eigenvalue weighted by Crippen LogP contribution is 2.21. The monoisotopic (exact) mass is 289 g/mol. The minimum atomic E-state index is -0.343. The smallest absolute Gasteiger partial charge is 0.340 e. The molecule has 0 aliphatic heterocycles. The zero-order valence-corrected chi connectivity index (χ0v) is 13.0. The van der Waals surface area contributed by atoms with Crippen LogP contribution in [0.15, 0.2) is 23.0 Å². The topological polar surface area (TPSA) is 48.3 Å². The first-order chi connectivity index (χ1) is 10.0. The average Bonchev–Trinajstić information content (AvgIpc) is 2.44. The maximum atomic E-state index is 12.3.